The number of nitrogens with zero attached hydrogens (tertiary/aromatic N) is 2. The lowest BCUT2D eigenvalue weighted by Crippen LogP contribution is -2.30. The first-order valence-corrected chi connectivity index (χ1v) is 11.5. The van der Waals surface area contributed by atoms with Gasteiger partial charge in [-0.3, -0.25) is 4.79 Å². The van der Waals surface area contributed by atoms with E-state index in [1.807, 2.05) is 26.0 Å². The number of nitriles is 1. The highest BCUT2D eigenvalue weighted by Crippen LogP contribution is 2.19. The first kappa shape index (κ1) is 24.8. The Morgan fingerprint density at radius 3 is 2.44 bits per heavy atom. The van der Waals surface area contributed by atoms with Gasteiger partial charge in [-0.1, -0.05) is 6.92 Å². The molecule has 2 rings (SSSR count). The molecular weight excluding hydrogens is 432 g/mol. The van der Waals surface area contributed by atoms with Gasteiger partial charge in [-0.2, -0.15) is 5.26 Å². The van der Waals surface area contributed by atoms with Crippen molar-refractivity contribution in [1.82, 2.24) is 4.57 Å². The third-order valence-corrected chi connectivity index (χ3v) is 5.73. The number of amides is 1. The van der Waals surface area contributed by atoms with Crippen molar-refractivity contribution in [3.05, 3.63) is 52.9 Å². The summed E-state index contributed by atoms with van der Waals surface area (Å²) in [5, 5.41) is 17.0. The molecule has 1 aromatic heterocycles. The van der Waals surface area contributed by atoms with Crippen LogP contribution in [0.3, 0.4) is 0 Å². The summed E-state index contributed by atoms with van der Waals surface area (Å²) in [6.07, 6.45) is 1.21. The first-order valence-electron chi connectivity index (χ1n) is 9.91. The number of benzene rings is 1. The van der Waals surface area contributed by atoms with E-state index in [0.29, 0.717) is 5.69 Å². The van der Waals surface area contributed by atoms with Gasteiger partial charge in [0.15, 0.2) is 6.10 Å². The normalized spacial score (nSPS) is 12.7. The molecule has 0 spiro atoms. The largest absolute Gasteiger partial charge is 0.448 e. The predicted octanol–water partition coefficient (Wildman–Crippen LogP) is 2.64. The van der Waals surface area contributed by atoms with E-state index in [9.17, 15) is 23.3 Å². The number of rotatable bonds is 8. The summed E-state index contributed by atoms with van der Waals surface area (Å²) in [6, 6.07) is 8.92. The highest BCUT2D eigenvalue weighted by atomic mass is 32.2. The van der Waals surface area contributed by atoms with Gasteiger partial charge in [0.1, 0.15) is 11.6 Å². The lowest BCUT2D eigenvalue weighted by atomic mass is 10.1. The molecule has 0 saturated carbocycles. The van der Waals surface area contributed by atoms with Crippen LogP contribution in [-0.2, 0) is 30.9 Å². The van der Waals surface area contributed by atoms with Crippen molar-refractivity contribution in [2.75, 3.05) is 5.32 Å². The van der Waals surface area contributed by atoms with Crippen LogP contribution in [-0.4, -0.2) is 31.0 Å². The third-order valence-electron chi connectivity index (χ3n) is 4.80. The predicted molar refractivity (Wildman–Crippen MR) is 120 cm³/mol. The van der Waals surface area contributed by atoms with Crippen LogP contribution in [0, 0.1) is 25.2 Å². The van der Waals surface area contributed by atoms with E-state index in [4.69, 9.17) is 9.88 Å². The zero-order chi connectivity index (χ0) is 24.1. The number of nitrogens with one attached hydrogen (secondary N) is 1. The second kappa shape index (κ2) is 10.3. The van der Waals surface area contributed by atoms with Crippen molar-refractivity contribution < 1.29 is 22.7 Å². The SMILES string of the molecule is CCCn1c(C)cc(/C=C(\C#N)C(=O)OC(C)C(=O)Nc2ccc(S(N)(=O)=O)cc2)c1C. The van der Waals surface area contributed by atoms with Crippen LogP contribution in [0.15, 0.2) is 40.8 Å². The molecule has 1 heterocycles. The maximum absolute atomic E-state index is 12.4. The van der Waals surface area contributed by atoms with Gasteiger partial charge >= 0.3 is 5.97 Å². The van der Waals surface area contributed by atoms with E-state index in [2.05, 4.69) is 16.8 Å². The average molecular weight is 459 g/mol. The van der Waals surface area contributed by atoms with Crippen LogP contribution >= 0.6 is 0 Å². The molecule has 3 N–H and O–H groups in total. The fourth-order valence-electron chi connectivity index (χ4n) is 3.08. The molecule has 1 unspecified atom stereocenters. The molecule has 1 atom stereocenters. The van der Waals surface area contributed by atoms with Crippen molar-refractivity contribution in [2.45, 2.75) is 51.7 Å². The zero-order valence-corrected chi connectivity index (χ0v) is 19.2. The van der Waals surface area contributed by atoms with Crippen LogP contribution in [0.5, 0.6) is 0 Å². The maximum Gasteiger partial charge on any atom is 0.349 e. The molecule has 10 heteroatoms. The van der Waals surface area contributed by atoms with Gasteiger partial charge in [0.25, 0.3) is 5.91 Å². The lowest BCUT2D eigenvalue weighted by Gasteiger charge is -2.13. The van der Waals surface area contributed by atoms with Crippen LogP contribution in [0.2, 0.25) is 0 Å². The Balaban J connectivity index is 2.10. The number of aromatic nitrogens is 1. The molecule has 0 aliphatic rings. The Bertz CT molecular complexity index is 1190. The van der Waals surface area contributed by atoms with Gasteiger partial charge in [0, 0.05) is 23.6 Å². The van der Waals surface area contributed by atoms with E-state index >= 15 is 0 Å². The van der Waals surface area contributed by atoms with Crippen LogP contribution in [0.25, 0.3) is 6.08 Å². The van der Waals surface area contributed by atoms with Gasteiger partial charge in [-0.25, -0.2) is 18.4 Å². The number of nitrogens with two attached hydrogens (primary N) is 1. The highest BCUT2D eigenvalue weighted by Gasteiger charge is 2.21. The minimum absolute atomic E-state index is 0.0999. The quantitative estimate of drug-likeness (QED) is 0.353. The first-order chi connectivity index (χ1) is 15.0. The van der Waals surface area contributed by atoms with E-state index in [1.54, 1.807) is 0 Å². The molecular formula is C22H26N4O5S. The van der Waals surface area contributed by atoms with E-state index < -0.39 is 28.0 Å². The summed E-state index contributed by atoms with van der Waals surface area (Å²) in [4.78, 5) is 24.7. The van der Waals surface area contributed by atoms with Crippen LogP contribution < -0.4 is 10.5 Å². The zero-order valence-electron chi connectivity index (χ0n) is 18.4. The number of esters is 1. The molecule has 0 fully saturated rings. The number of anilines is 1. The smallest absolute Gasteiger partial charge is 0.349 e. The summed E-state index contributed by atoms with van der Waals surface area (Å²) < 4.78 is 29.8. The van der Waals surface area contributed by atoms with Gasteiger partial charge < -0.3 is 14.6 Å². The Labute approximate surface area is 187 Å². The van der Waals surface area contributed by atoms with Crippen molar-refractivity contribution in [2.24, 2.45) is 5.14 Å². The molecule has 9 nitrogen and oxygen atoms in total. The van der Waals surface area contributed by atoms with Gasteiger partial charge in [0.2, 0.25) is 10.0 Å². The van der Waals surface area contributed by atoms with E-state index in [0.717, 1.165) is 29.9 Å². The van der Waals surface area contributed by atoms with E-state index in [-0.39, 0.29) is 10.5 Å². The van der Waals surface area contributed by atoms with Crippen molar-refractivity contribution in [1.29, 1.82) is 5.26 Å². The minimum atomic E-state index is -3.85. The molecule has 0 bridgehead atoms. The number of ether oxygens (including phenoxy) is 1. The monoisotopic (exact) mass is 458 g/mol. The second-order valence-electron chi connectivity index (χ2n) is 7.25. The number of hydrogen-bond donors (Lipinski definition) is 2. The fraction of sp³-hybridized carbons (Fsp3) is 0.318. The molecule has 0 saturated heterocycles. The topological polar surface area (TPSA) is 144 Å². The molecule has 170 valence electrons. The van der Waals surface area contributed by atoms with Crippen molar-refractivity contribution >= 4 is 33.7 Å². The molecule has 1 amide bonds. The number of aryl methyl sites for hydroxylation is 1. The number of carbonyl (C=O) groups is 2. The summed E-state index contributed by atoms with van der Waals surface area (Å²) in [6.45, 7) is 8.12. The summed E-state index contributed by atoms with van der Waals surface area (Å²) >= 11 is 0. The molecule has 0 aliphatic carbocycles. The Kier molecular flexibility index (Phi) is 7.97. The molecule has 1 aromatic carbocycles. The molecule has 2 aromatic rings. The number of carbonyl (C=O) groups excluding carboxylic acids is 2. The molecule has 0 aliphatic heterocycles. The number of sulfonamides is 1. The lowest BCUT2D eigenvalue weighted by molar-refractivity contribution is -0.148. The Morgan fingerprint density at radius 2 is 1.91 bits per heavy atom. The Morgan fingerprint density at radius 1 is 1.28 bits per heavy atom. The minimum Gasteiger partial charge on any atom is -0.448 e. The maximum atomic E-state index is 12.4. The fourth-order valence-corrected chi connectivity index (χ4v) is 3.60. The second-order valence-corrected chi connectivity index (χ2v) is 8.82. The van der Waals surface area contributed by atoms with Crippen LogP contribution in [0.4, 0.5) is 5.69 Å². The van der Waals surface area contributed by atoms with E-state index in [1.165, 1.54) is 37.3 Å². The van der Waals surface area contributed by atoms with Crippen molar-refractivity contribution in [3.63, 3.8) is 0 Å². The number of hydrogen-bond acceptors (Lipinski definition) is 6. The number of primary sulfonamides is 1. The standard InChI is InChI=1S/C22H26N4O5S/c1-5-10-26-14(2)11-17(15(26)3)12-18(13-23)22(28)31-16(4)21(27)25-19-6-8-20(9-7-19)32(24,29)30/h6-9,11-12,16H,5,10H2,1-4H3,(H,25,27)(H2,24,29,30)/b18-12+. The molecule has 0 radical (unpaired) electrons. The summed E-state index contributed by atoms with van der Waals surface area (Å²) in [5.41, 5.74) is 2.75. The summed E-state index contributed by atoms with van der Waals surface area (Å²) in [7, 11) is -3.85. The van der Waals surface area contributed by atoms with Gasteiger partial charge in [-0.15, -0.1) is 0 Å². The van der Waals surface area contributed by atoms with Gasteiger partial charge in [-0.05, 0) is 69.2 Å². The molecule has 32 heavy (non-hydrogen) atoms. The van der Waals surface area contributed by atoms with Crippen molar-refractivity contribution in [3.8, 4) is 6.07 Å². The highest BCUT2D eigenvalue weighted by molar-refractivity contribution is 7.89. The van der Waals surface area contributed by atoms with Gasteiger partial charge in [0.05, 0.1) is 4.90 Å². The van der Waals surface area contributed by atoms with Crippen LogP contribution in [0.1, 0.15) is 37.2 Å². The average Bonchev–Trinajstić information content (AvgIpc) is 2.99. The summed E-state index contributed by atoms with van der Waals surface area (Å²) in [5.74, 6) is -1.56. The Hall–Kier alpha value is -3.42. The third kappa shape index (κ3) is 6.06.